The minimum Gasteiger partial charge on any atom is -0.364 e. The Labute approximate surface area is 148 Å². The van der Waals surface area contributed by atoms with E-state index in [1.165, 1.54) is 0 Å². The van der Waals surface area contributed by atoms with E-state index < -0.39 is 5.51 Å². The predicted molar refractivity (Wildman–Crippen MR) is 91.8 cm³/mol. The molecule has 2 N–H and O–H groups in total. The van der Waals surface area contributed by atoms with Crippen LogP contribution in [-0.2, 0) is 0 Å². The van der Waals surface area contributed by atoms with Crippen molar-refractivity contribution in [3.05, 3.63) is 21.9 Å². The molecule has 0 radical (unpaired) electrons. The highest BCUT2D eigenvalue weighted by Gasteiger charge is 2.55. The van der Waals surface area contributed by atoms with Crippen LogP contribution in [-0.4, -0.2) is 33.8 Å². The second kappa shape index (κ2) is 5.41. The maximum absolute atomic E-state index is 12.8. The maximum atomic E-state index is 12.8. The lowest BCUT2D eigenvalue weighted by atomic mass is 10.1. The van der Waals surface area contributed by atoms with Crippen molar-refractivity contribution in [3.8, 4) is 0 Å². The highest BCUT2D eigenvalue weighted by molar-refractivity contribution is 14.1. The summed E-state index contributed by atoms with van der Waals surface area (Å²) in [5, 5.41) is 11.2. The van der Waals surface area contributed by atoms with Crippen molar-refractivity contribution in [1.82, 2.24) is 14.9 Å². The van der Waals surface area contributed by atoms with Crippen LogP contribution in [0.25, 0.3) is 5.52 Å². The number of piperidine rings is 1. The molecule has 23 heavy (non-hydrogen) atoms. The average molecular weight is 454 g/mol. The van der Waals surface area contributed by atoms with Crippen molar-refractivity contribution < 1.29 is 13.2 Å². The molecule has 0 aromatic carbocycles. The molecule has 2 aromatic heterocycles. The Hall–Kier alpha value is -0.680. The molecule has 2 unspecified atom stereocenters. The molecule has 2 aliphatic rings. The van der Waals surface area contributed by atoms with Gasteiger partial charge in [-0.15, -0.1) is 0 Å². The Morgan fingerprint density at radius 1 is 1.43 bits per heavy atom. The highest BCUT2D eigenvalue weighted by Crippen LogP contribution is 2.50. The zero-order chi connectivity index (χ0) is 16.2. The van der Waals surface area contributed by atoms with E-state index in [1.54, 1.807) is 16.6 Å². The van der Waals surface area contributed by atoms with Crippen LogP contribution in [0.3, 0.4) is 0 Å². The first kappa shape index (κ1) is 15.8. The fraction of sp³-hybridized carbons (Fsp3) is 0.500. The number of thioether (sulfide) groups is 1. The van der Waals surface area contributed by atoms with Gasteiger partial charge in [0, 0.05) is 12.1 Å². The van der Waals surface area contributed by atoms with Crippen molar-refractivity contribution >= 4 is 45.7 Å². The second-order valence-electron chi connectivity index (χ2n) is 6.01. The molecule has 1 saturated heterocycles. The van der Waals surface area contributed by atoms with Gasteiger partial charge in [-0.2, -0.15) is 18.3 Å². The first-order valence-corrected chi connectivity index (χ1v) is 9.19. The fourth-order valence-electron chi connectivity index (χ4n) is 3.34. The highest BCUT2D eigenvalue weighted by atomic mass is 127. The van der Waals surface area contributed by atoms with Gasteiger partial charge in [-0.1, -0.05) is 6.07 Å². The van der Waals surface area contributed by atoms with Gasteiger partial charge in [0.25, 0.3) is 0 Å². The smallest absolute Gasteiger partial charge is 0.364 e. The number of alkyl halides is 3. The third-order valence-corrected chi connectivity index (χ3v) is 6.50. The molecule has 3 heterocycles. The number of aromatic nitrogens is 2. The topological polar surface area (TPSA) is 41.4 Å². The molecule has 1 aliphatic heterocycles. The normalized spacial score (nSPS) is 27.0. The van der Waals surface area contributed by atoms with E-state index in [0.29, 0.717) is 15.1 Å². The number of halogens is 4. The summed E-state index contributed by atoms with van der Waals surface area (Å²) in [5.41, 5.74) is -3.75. The van der Waals surface area contributed by atoms with E-state index in [1.807, 2.05) is 28.7 Å². The van der Waals surface area contributed by atoms with Gasteiger partial charge in [-0.05, 0) is 71.8 Å². The fourth-order valence-corrected chi connectivity index (χ4v) is 4.78. The molecule has 9 heteroatoms. The Balaban J connectivity index is 1.70. The van der Waals surface area contributed by atoms with Gasteiger partial charge >= 0.3 is 5.51 Å². The second-order valence-corrected chi connectivity index (χ2v) is 8.11. The van der Waals surface area contributed by atoms with Crippen LogP contribution >= 0.6 is 34.4 Å². The van der Waals surface area contributed by atoms with E-state index in [0.717, 1.165) is 31.7 Å². The minimum atomic E-state index is -4.32. The van der Waals surface area contributed by atoms with Gasteiger partial charge < -0.3 is 10.6 Å². The van der Waals surface area contributed by atoms with E-state index in [2.05, 4.69) is 15.7 Å². The van der Waals surface area contributed by atoms with Crippen molar-refractivity contribution in [3.63, 3.8) is 0 Å². The predicted octanol–water partition coefficient (Wildman–Crippen LogP) is 3.71. The lowest BCUT2D eigenvalue weighted by Gasteiger charge is -2.25. The quantitative estimate of drug-likeness (QED) is 0.548. The van der Waals surface area contributed by atoms with E-state index in [4.69, 9.17) is 0 Å². The Morgan fingerprint density at radius 2 is 2.26 bits per heavy atom. The van der Waals surface area contributed by atoms with Gasteiger partial charge in [0.2, 0.25) is 0 Å². The first-order chi connectivity index (χ1) is 10.9. The van der Waals surface area contributed by atoms with E-state index >= 15 is 0 Å². The minimum absolute atomic E-state index is 0.0776. The summed E-state index contributed by atoms with van der Waals surface area (Å²) < 4.78 is 40.3. The molecule has 124 valence electrons. The number of hydrogen-bond acceptors (Lipinski definition) is 4. The van der Waals surface area contributed by atoms with Gasteiger partial charge in [0.05, 0.1) is 10.4 Å². The van der Waals surface area contributed by atoms with Crippen molar-refractivity contribution in [2.75, 3.05) is 18.4 Å². The molecule has 2 atom stereocenters. The molecule has 0 spiro atoms. The van der Waals surface area contributed by atoms with Gasteiger partial charge in [-0.3, -0.25) is 0 Å². The number of rotatable bonds is 3. The van der Waals surface area contributed by atoms with Gasteiger partial charge in [-0.25, -0.2) is 4.52 Å². The lowest BCUT2D eigenvalue weighted by molar-refractivity contribution is -0.0328. The summed E-state index contributed by atoms with van der Waals surface area (Å²) in [7, 11) is 0. The number of anilines is 1. The number of hydrogen-bond donors (Lipinski definition) is 2. The summed E-state index contributed by atoms with van der Waals surface area (Å²) in [6, 6.07) is 5.34. The first-order valence-electron chi connectivity index (χ1n) is 7.30. The van der Waals surface area contributed by atoms with Gasteiger partial charge in [0.1, 0.15) is 9.52 Å². The van der Waals surface area contributed by atoms with Crippen LogP contribution in [0, 0.1) is 9.62 Å². The molecule has 4 rings (SSSR count). The van der Waals surface area contributed by atoms with Crippen LogP contribution in [0.1, 0.15) is 12.8 Å². The molecule has 1 aliphatic carbocycles. The Morgan fingerprint density at radius 3 is 3.00 bits per heavy atom. The summed E-state index contributed by atoms with van der Waals surface area (Å²) in [5.74, 6) is 1.35. The zero-order valence-electron chi connectivity index (χ0n) is 12.0. The zero-order valence-corrected chi connectivity index (χ0v) is 14.9. The molecular formula is C14H14F3IN4S. The third-order valence-electron chi connectivity index (χ3n) is 4.54. The monoisotopic (exact) mass is 454 g/mol. The number of nitrogens with zero attached hydrogens (tertiary/aromatic N) is 2. The van der Waals surface area contributed by atoms with E-state index in [-0.39, 0.29) is 22.2 Å². The van der Waals surface area contributed by atoms with Crippen LogP contribution in [0.4, 0.5) is 19.0 Å². The molecule has 1 saturated carbocycles. The molecule has 4 nitrogen and oxygen atoms in total. The molecule has 2 fully saturated rings. The SMILES string of the molecule is FC(F)(F)Sc1c(I)nn2c(NC34CCNCC3C4)cccc12. The van der Waals surface area contributed by atoms with Crippen LogP contribution in [0.2, 0.25) is 0 Å². The van der Waals surface area contributed by atoms with Crippen molar-refractivity contribution in [1.29, 1.82) is 0 Å². The van der Waals surface area contributed by atoms with E-state index in [9.17, 15) is 13.2 Å². The standard InChI is InChI=1S/C14H14F3IN4S/c15-14(16,17)23-11-9-2-1-3-10(22(9)21-12(11)18)20-13-4-5-19-7-8(13)6-13/h1-3,8,19-20H,4-7H2. The van der Waals surface area contributed by atoms with Crippen molar-refractivity contribution in [2.45, 2.75) is 28.8 Å². The summed E-state index contributed by atoms with van der Waals surface area (Å²) in [4.78, 5) is 0.164. The number of pyridine rings is 1. The van der Waals surface area contributed by atoms with Crippen molar-refractivity contribution in [2.24, 2.45) is 5.92 Å². The number of nitrogens with one attached hydrogen (secondary N) is 2. The Bertz CT molecular complexity index is 762. The lowest BCUT2D eigenvalue weighted by Crippen LogP contribution is -2.38. The summed E-state index contributed by atoms with van der Waals surface area (Å²) in [6.07, 6.45) is 2.12. The molecule has 2 aromatic rings. The molecule has 0 bridgehead atoms. The summed E-state index contributed by atoms with van der Waals surface area (Å²) in [6.45, 7) is 1.96. The Kier molecular flexibility index (Phi) is 3.73. The van der Waals surface area contributed by atoms with Crippen LogP contribution in [0.15, 0.2) is 23.1 Å². The van der Waals surface area contributed by atoms with Crippen LogP contribution in [0.5, 0.6) is 0 Å². The molecule has 0 amide bonds. The average Bonchev–Trinajstić information content (AvgIpc) is 3.11. The van der Waals surface area contributed by atoms with Crippen LogP contribution < -0.4 is 10.6 Å². The largest absolute Gasteiger partial charge is 0.446 e. The maximum Gasteiger partial charge on any atom is 0.446 e. The third kappa shape index (κ3) is 2.91. The summed E-state index contributed by atoms with van der Waals surface area (Å²) >= 11 is 1.76. The molecular weight excluding hydrogens is 440 g/mol. The number of fused-ring (bicyclic) bond motifs is 2. The van der Waals surface area contributed by atoms with Gasteiger partial charge in [0.15, 0.2) is 0 Å².